The van der Waals surface area contributed by atoms with Crippen molar-refractivity contribution >= 4 is 46.4 Å². The Bertz CT molecular complexity index is 1160. The number of carbonyl (C=O) groups excluding carboxylic acids is 1. The summed E-state index contributed by atoms with van der Waals surface area (Å²) in [6.07, 6.45) is 5.82. The van der Waals surface area contributed by atoms with Gasteiger partial charge in [-0.1, -0.05) is 25.4 Å². The number of benzene rings is 1. The number of rotatable bonds is 6. The van der Waals surface area contributed by atoms with Crippen molar-refractivity contribution in [1.82, 2.24) is 19.9 Å². The van der Waals surface area contributed by atoms with Crippen LogP contribution in [0.25, 0.3) is 10.9 Å². The molecule has 0 radical (unpaired) electrons. The molecule has 2 aromatic heterocycles. The smallest absolute Gasteiger partial charge is 0.293 e. The largest absolute Gasteiger partial charge is 0.488 e. The number of nitrogens with zero attached hydrogens (tertiary/aromatic N) is 4. The average Bonchev–Trinajstić information content (AvgIpc) is 2.90. The highest BCUT2D eigenvalue weighted by molar-refractivity contribution is 6.32. The maximum absolute atomic E-state index is 12.4. The summed E-state index contributed by atoms with van der Waals surface area (Å²) in [6.45, 7) is 8.23. The molecule has 10 heteroatoms. The summed E-state index contributed by atoms with van der Waals surface area (Å²) in [6, 6.07) is 7.53. The molecule has 0 atom stereocenters. The minimum absolute atomic E-state index is 0.148. The van der Waals surface area contributed by atoms with Crippen LogP contribution in [-0.4, -0.2) is 47.7 Å². The Morgan fingerprint density at radius 2 is 1.86 bits per heavy atom. The van der Waals surface area contributed by atoms with Gasteiger partial charge in [-0.25, -0.2) is 4.98 Å². The molecule has 1 aliphatic rings. The molecule has 0 bridgehead atoms. The van der Waals surface area contributed by atoms with Crippen LogP contribution in [0.1, 0.15) is 40.0 Å². The second-order valence-electron chi connectivity index (χ2n) is 7.53. The zero-order chi connectivity index (χ0) is 25.8. The summed E-state index contributed by atoms with van der Waals surface area (Å²) in [5.74, 6) is 1.60. The number of piperidine rings is 1. The number of anilines is 3. The summed E-state index contributed by atoms with van der Waals surface area (Å²) >= 11 is 6.34. The highest BCUT2D eigenvalue weighted by atomic mass is 35.5. The van der Waals surface area contributed by atoms with Crippen molar-refractivity contribution in [3.8, 4) is 5.75 Å². The lowest BCUT2D eigenvalue weighted by atomic mass is 10.1. The molecule has 4 rings (SSSR count). The number of ether oxygens (including phenoxy) is 1. The maximum atomic E-state index is 12.4. The zero-order valence-electron chi connectivity index (χ0n) is 21.1. The molecule has 3 aromatic rings. The number of halogens is 1. The molecule has 1 fully saturated rings. The van der Waals surface area contributed by atoms with Crippen LogP contribution in [0.2, 0.25) is 5.02 Å². The van der Waals surface area contributed by atoms with E-state index >= 15 is 0 Å². The summed E-state index contributed by atoms with van der Waals surface area (Å²) < 4.78 is 7.08. The molecule has 35 heavy (non-hydrogen) atoms. The number of fused-ring (bicyclic) bond motifs is 1. The highest BCUT2D eigenvalue weighted by Crippen LogP contribution is 2.28. The van der Waals surface area contributed by atoms with Gasteiger partial charge in [0, 0.05) is 38.3 Å². The van der Waals surface area contributed by atoms with Crippen molar-refractivity contribution < 1.29 is 9.53 Å². The van der Waals surface area contributed by atoms with Crippen LogP contribution in [0.15, 0.2) is 35.3 Å². The van der Waals surface area contributed by atoms with Crippen molar-refractivity contribution in [2.24, 2.45) is 7.05 Å². The summed E-state index contributed by atoms with van der Waals surface area (Å²) in [7, 11) is 3.31. The summed E-state index contributed by atoms with van der Waals surface area (Å²) in [5, 5.41) is 6.89. The van der Waals surface area contributed by atoms with Crippen LogP contribution < -0.4 is 25.8 Å². The van der Waals surface area contributed by atoms with E-state index in [4.69, 9.17) is 21.1 Å². The number of amides is 1. The SMILES string of the molecule is CC.CCOc1cc2cc(Nc3nc(N4CCCCC4)ncc3Cl)ccc2n(C)c1=O.CNC=O. The van der Waals surface area contributed by atoms with Crippen molar-refractivity contribution in [3.63, 3.8) is 0 Å². The van der Waals surface area contributed by atoms with Crippen LogP contribution in [0.3, 0.4) is 0 Å². The Morgan fingerprint density at radius 3 is 2.49 bits per heavy atom. The van der Waals surface area contributed by atoms with E-state index in [1.165, 1.54) is 6.42 Å². The third-order valence-corrected chi connectivity index (χ3v) is 5.52. The molecular weight excluding hydrogens is 468 g/mol. The van der Waals surface area contributed by atoms with Gasteiger partial charge in [0.25, 0.3) is 5.56 Å². The fourth-order valence-electron chi connectivity index (χ4n) is 3.62. The van der Waals surface area contributed by atoms with Crippen LogP contribution in [0.5, 0.6) is 5.75 Å². The molecule has 0 aliphatic carbocycles. The van der Waals surface area contributed by atoms with E-state index in [0.717, 1.165) is 42.5 Å². The molecule has 1 saturated heterocycles. The Morgan fingerprint density at radius 1 is 1.17 bits per heavy atom. The zero-order valence-corrected chi connectivity index (χ0v) is 21.9. The van der Waals surface area contributed by atoms with Gasteiger partial charge in [0.05, 0.1) is 18.3 Å². The van der Waals surface area contributed by atoms with Crippen molar-refractivity contribution in [3.05, 3.63) is 45.8 Å². The average molecular weight is 503 g/mol. The molecule has 0 spiro atoms. The van der Waals surface area contributed by atoms with Gasteiger partial charge in [0.1, 0.15) is 5.02 Å². The van der Waals surface area contributed by atoms with E-state index in [-0.39, 0.29) is 5.56 Å². The Labute approximate surface area is 211 Å². The van der Waals surface area contributed by atoms with Gasteiger partial charge in [-0.3, -0.25) is 9.59 Å². The van der Waals surface area contributed by atoms with E-state index < -0.39 is 0 Å². The molecule has 1 aliphatic heterocycles. The number of hydrogen-bond donors (Lipinski definition) is 2. The first-order valence-electron chi connectivity index (χ1n) is 11.9. The first-order valence-corrected chi connectivity index (χ1v) is 12.3. The van der Waals surface area contributed by atoms with Gasteiger partial charge < -0.3 is 24.8 Å². The first kappa shape index (κ1) is 27.9. The predicted octanol–water partition coefficient (Wildman–Crippen LogP) is 4.50. The van der Waals surface area contributed by atoms with Crippen LogP contribution >= 0.6 is 11.6 Å². The molecule has 2 N–H and O–H groups in total. The lowest BCUT2D eigenvalue weighted by Crippen LogP contribution is -2.31. The number of aryl methyl sites for hydroxylation is 1. The van der Waals surface area contributed by atoms with Gasteiger partial charge in [0.2, 0.25) is 12.4 Å². The number of hydrogen-bond acceptors (Lipinski definition) is 7. The highest BCUT2D eigenvalue weighted by Gasteiger charge is 2.16. The van der Waals surface area contributed by atoms with E-state index in [1.54, 1.807) is 30.9 Å². The van der Waals surface area contributed by atoms with Gasteiger partial charge in [-0.05, 0) is 50.5 Å². The monoisotopic (exact) mass is 502 g/mol. The minimum atomic E-state index is -0.148. The van der Waals surface area contributed by atoms with E-state index in [9.17, 15) is 4.79 Å². The van der Waals surface area contributed by atoms with Crippen molar-refractivity contribution in [1.29, 1.82) is 0 Å². The third-order valence-electron chi connectivity index (χ3n) is 5.24. The molecule has 190 valence electrons. The van der Waals surface area contributed by atoms with Gasteiger partial charge >= 0.3 is 0 Å². The van der Waals surface area contributed by atoms with E-state index in [2.05, 4.69) is 25.5 Å². The molecule has 9 nitrogen and oxygen atoms in total. The molecular formula is C25H35ClN6O3. The minimum Gasteiger partial charge on any atom is -0.488 e. The molecule has 0 unspecified atom stereocenters. The second kappa shape index (κ2) is 14.2. The predicted molar refractivity (Wildman–Crippen MR) is 143 cm³/mol. The lowest BCUT2D eigenvalue weighted by molar-refractivity contribution is -0.109. The Kier molecular flexibility index (Phi) is 11.3. The van der Waals surface area contributed by atoms with Crippen molar-refractivity contribution in [2.45, 2.75) is 40.0 Å². The molecule has 0 saturated carbocycles. The van der Waals surface area contributed by atoms with Crippen LogP contribution in [-0.2, 0) is 11.8 Å². The normalized spacial score (nSPS) is 12.6. The summed E-state index contributed by atoms with van der Waals surface area (Å²) in [5.41, 5.74) is 1.50. The topological polar surface area (TPSA) is 101 Å². The molecule has 1 aromatic carbocycles. The Balaban J connectivity index is 0.000000655. The van der Waals surface area contributed by atoms with Gasteiger partial charge in [-0.15, -0.1) is 0 Å². The van der Waals surface area contributed by atoms with Gasteiger partial charge in [-0.2, -0.15) is 4.98 Å². The number of nitrogens with one attached hydrogen (secondary N) is 2. The second-order valence-corrected chi connectivity index (χ2v) is 7.93. The van der Waals surface area contributed by atoms with Crippen molar-refractivity contribution in [2.75, 3.05) is 37.0 Å². The van der Waals surface area contributed by atoms with Crippen LogP contribution in [0.4, 0.5) is 17.5 Å². The van der Waals surface area contributed by atoms with Crippen LogP contribution in [0, 0.1) is 0 Å². The third kappa shape index (κ3) is 7.32. The molecule has 3 heterocycles. The number of aromatic nitrogens is 3. The van der Waals surface area contributed by atoms with E-state index in [1.807, 2.05) is 39.0 Å². The quantitative estimate of drug-likeness (QED) is 0.478. The fourth-order valence-corrected chi connectivity index (χ4v) is 3.76. The first-order chi connectivity index (χ1) is 17.0. The standard InChI is InChI=1S/C21H24ClN5O2.C2H5NO.C2H6/c1-3-29-18-12-14-11-15(7-8-17(14)26(2)20(18)28)24-19-16(22)13-23-21(25-19)27-9-5-4-6-10-27;1-3-2-4;1-2/h7-8,11-13H,3-6,9-10H2,1-2H3,(H,23,24,25);2H,1H3,(H,3,4);1-2H3. The molecule has 1 amide bonds. The maximum Gasteiger partial charge on any atom is 0.293 e. The number of carbonyl (C=O) groups is 1. The Hall–Kier alpha value is -3.33. The lowest BCUT2D eigenvalue weighted by Gasteiger charge is -2.26. The fraction of sp³-hybridized carbons (Fsp3) is 0.440. The number of pyridine rings is 1. The summed E-state index contributed by atoms with van der Waals surface area (Å²) in [4.78, 5) is 32.7. The van der Waals surface area contributed by atoms with Gasteiger partial charge in [0.15, 0.2) is 11.6 Å². The van der Waals surface area contributed by atoms with E-state index in [0.29, 0.717) is 35.6 Å².